The number of likely N-dealkylation sites (tertiary alicyclic amines) is 1. The molecular formula is C14H22BrN3O. The largest absolute Gasteiger partial charge is 0.476 e. The summed E-state index contributed by atoms with van der Waals surface area (Å²) in [6, 6.07) is 1.83. The molecule has 0 unspecified atom stereocenters. The first kappa shape index (κ1) is 14.7. The van der Waals surface area contributed by atoms with E-state index in [0.29, 0.717) is 12.5 Å². The van der Waals surface area contributed by atoms with Gasteiger partial charge in [-0.1, -0.05) is 20.8 Å². The molecule has 1 saturated heterocycles. The van der Waals surface area contributed by atoms with E-state index < -0.39 is 0 Å². The lowest BCUT2D eigenvalue weighted by molar-refractivity contribution is 0.230. The third kappa shape index (κ3) is 4.42. The summed E-state index contributed by atoms with van der Waals surface area (Å²) in [4.78, 5) is 11.3. The summed E-state index contributed by atoms with van der Waals surface area (Å²) in [5, 5.41) is 0. The molecule has 0 bridgehead atoms. The van der Waals surface area contributed by atoms with Crippen molar-refractivity contribution in [1.82, 2.24) is 14.9 Å². The summed E-state index contributed by atoms with van der Waals surface area (Å²) in [5.74, 6) is 1.46. The average molecular weight is 328 g/mol. The lowest BCUT2D eigenvalue weighted by Crippen LogP contribution is -2.25. The molecule has 1 aromatic rings. The number of rotatable bonds is 4. The van der Waals surface area contributed by atoms with Gasteiger partial charge in [0.25, 0.3) is 0 Å². The molecule has 4 nitrogen and oxygen atoms in total. The molecule has 0 saturated carbocycles. The Morgan fingerprint density at radius 3 is 2.58 bits per heavy atom. The van der Waals surface area contributed by atoms with Crippen LogP contribution in [0.3, 0.4) is 0 Å². The Balaban J connectivity index is 1.94. The fourth-order valence-corrected chi connectivity index (χ4v) is 2.46. The zero-order chi connectivity index (χ0) is 13.9. The van der Waals surface area contributed by atoms with Crippen molar-refractivity contribution in [3.8, 4) is 5.88 Å². The molecule has 2 heterocycles. The van der Waals surface area contributed by atoms with Crippen molar-refractivity contribution >= 4 is 15.9 Å². The van der Waals surface area contributed by atoms with Gasteiger partial charge in [-0.15, -0.1) is 0 Å². The molecule has 0 aromatic carbocycles. The van der Waals surface area contributed by atoms with Crippen molar-refractivity contribution in [1.29, 1.82) is 0 Å². The van der Waals surface area contributed by atoms with Gasteiger partial charge in [-0.25, -0.2) is 4.98 Å². The van der Waals surface area contributed by atoms with E-state index in [-0.39, 0.29) is 5.41 Å². The highest BCUT2D eigenvalue weighted by atomic mass is 79.9. The smallest absolute Gasteiger partial charge is 0.217 e. The highest BCUT2D eigenvalue weighted by Crippen LogP contribution is 2.23. The van der Waals surface area contributed by atoms with Crippen molar-refractivity contribution in [2.24, 2.45) is 0 Å². The zero-order valence-electron chi connectivity index (χ0n) is 11.9. The Labute approximate surface area is 123 Å². The van der Waals surface area contributed by atoms with Crippen molar-refractivity contribution in [2.45, 2.75) is 39.0 Å². The summed E-state index contributed by atoms with van der Waals surface area (Å²) in [7, 11) is 0. The van der Waals surface area contributed by atoms with Crippen LogP contribution in [0.25, 0.3) is 0 Å². The second-order valence-corrected chi connectivity index (χ2v) is 6.81. The van der Waals surface area contributed by atoms with Gasteiger partial charge in [0.05, 0.1) is 0 Å². The van der Waals surface area contributed by atoms with E-state index >= 15 is 0 Å². The van der Waals surface area contributed by atoms with Gasteiger partial charge >= 0.3 is 0 Å². The molecule has 0 spiro atoms. The normalized spacial score (nSPS) is 16.8. The van der Waals surface area contributed by atoms with E-state index in [1.54, 1.807) is 0 Å². The van der Waals surface area contributed by atoms with E-state index in [9.17, 15) is 0 Å². The molecule has 1 aromatic heterocycles. The minimum absolute atomic E-state index is 0.0726. The number of ether oxygens (including phenoxy) is 1. The molecule has 0 amide bonds. The highest BCUT2D eigenvalue weighted by molar-refractivity contribution is 9.10. The fourth-order valence-electron chi connectivity index (χ4n) is 2.09. The van der Waals surface area contributed by atoms with Crippen LogP contribution in [-0.2, 0) is 5.41 Å². The number of hydrogen-bond donors (Lipinski definition) is 0. The molecule has 0 radical (unpaired) electrons. The van der Waals surface area contributed by atoms with Crippen LogP contribution >= 0.6 is 15.9 Å². The highest BCUT2D eigenvalue weighted by Gasteiger charge is 2.19. The lowest BCUT2D eigenvalue weighted by atomic mass is 9.96. The molecule has 5 heteroatoms. The van der Waals surface area contributed by atoms with Crippen LogP contribution in [0.1, 0.15) is 39.4 Å². The summed E-state index contributed by atoms with van der Waals surface area (Å²) >= 11 is 3.42. The summed E-state index contributed by atoms with van der Waals surface area (Å²) in [6.45, 7) is 10.4. The van der Waals surface area contributed by atoms with Crippen molar-refractivity contribution in [2.75, 3.05) is 26.2 Å². The minimum atomic E-state index is -0.0726. The van der Waals surface area contributed by atoms with Crippen LogP contribution < -0.4 is 4.74 Å². The van der Waals surface area contributed by atoms with Crippen LogP contribution in [0.5, 0.6) is 5.88 Å². The van der Waals surface area contributed by atoms with Crippen LogP contribution in [0.2, 0.25) is 0 Å². The van der Waals surface area contributed by atoms with E-state index in [4.69, 9.17) is 4.74 Å². The molecule has 19 heavy (non-hydrogen) atoms. The summed E-state index contributed by atoms with van der Waals surface area (Å²) in [6.07, 6.45) is 2.63. The molecule has 106 valence electrons. The molecular weight excluding hydrogens is 306 g/mol. The average Bonchev–Trinajstić information content (AvgIpc) is 2.80. The minimum Gasteiger partial charge on any atom is -0.476 e. The first-order chi connectivity index (χ1) is 8.95. The van der Waals surface area contributed by atoms with Crippen molar-refractivity contribution < 1.29 is 4.74 Å². The van der Waals surface area contributed by atoms with Crippen LogP contribution in [0.4, 0.5) is 0 Å². The summed E-state index contributed by atoms with van der Waals surface area (Å²) < 4.78 is 6.54. The Kier molecular flexibility index (Phi) is 4.79. The second kappa shape index (κ2) is 6.18. The van der Waals surface area contributed by atoms with Crippen molar-refractivity contribution in [3.05, 3.63) is 16.5 Å². The molecule has 1 aliphatic heterocycles. The summed E-state index contributed by atoms with van der Waals surface area (Å²) in [5.41, 5.74) is -0.0726. The first-order valence-electron chi connectivity index (χ1n) is 6.85. The molecule has 1 aliphatic rings. The standard InChI is InChI=1S/C14H22BrN3O/c1-14(2,3)13-16-11(15)10-12(17-13)19-9-8-18-6-4-5-7-18/h10H,4-9H2,1-3H3. The van der Waals surface area contributed by atoms with Gasteiger partial charge in [-0.3, -0.25) is 4.90 Å². The van der Waals surface area contributed by atoms with Crippen LogP contribution in [0.15, 0.2) is 10.7 Å². The van der Waals surface area contributed by atoms with Crippen molar-refractivity contribution in [3.63, 3.8) is 0 Å². The Morgan fingerprint density at radius 1 is 1.26 bits per heavy atom. The van der Waals surface area contributed by atoms with Gasteiger partial charge in [0, 0.05) is 18.0 Å². The second-order valence-electron chi connectivity index (χ2n) is 6.00. The number of aromatic nitrogens is 2. The number of halogens is 1. The van der Waals surface area contributed by atoms with E-state index in [0.717, 1.165) is 17.0 Å². The van der Waals surface area contributed by atoms with E-state index in [1.807, 2.05) is 6.07 Å². The monoisotopic (exact) mass is 327 g/mol. The topological polar surface area (TPSA) is 38.2 Å². The third-order valence-corrected chi connectivity index (χ3v) is 3.60. The van der Waals surface area contributed by atoms with Gasteiger partial charge in [-0.05, 0) is 41.9 Å². The molecule has 1 fully saturated rings. The maximum atomic E-state index is 5.76. The zero-order valence-corrected chi connectivity index (χ0v) is 13.5. The van der Waals surface area contributed by atoms with Gasteiger partial charge < -0.3 is 4.74 Å². The Hall–Kier alpha value is -0.680. The molecule has 0 atom stereocenters. The predicted octanol–water partition coefficient (Wildman–Crippen LogP) is 3.01. The quantitative estimate of drug-likeness (QED) is 0.797. The Bertz CT molecular complexity index is 425. The van der Waals surface area contributed by atoms with Crippen LogP contribution in [-0.4, -0.2) is 41.1 Å². The third-order valence-electron chi connectivity index (χ3n) is 3.20. The maximum absolute atomic E-state index is 5.76. The lowest BCUT2D eigenvalue weighted by Gasteiger charge is -2.18. The van der Waals surface area contributed by atoms with Gasteiger partial charge in [0.15, 0.2) is 0 Å². The fraction of sp³-hybridized carbons (Fsp3) is 0.714. The Morgan fingerprint density at radius 2 is 1.95 bits per heavy atom. The SMILES string of the molecule is CC(C)(C)c1nc(Br)cc(OCCN2CCCC2)n1. The number of hydrogen-bond acceptors (Lipinski definition) is 4. The van der Waals surface area contributed by atoms with E-state index in [1.165, 1.54) is 25.9 Å². The number of nitrogens with zero attached hydrogens (tertiary/aromatic N) is 3. The van der Waals surface area contributed by atoms with Gasteiger partial charge in [-0.2, -0.15) is 4.98 Å². The molecule has 2 rings (SSSR count). The predicted molar refractivity (Wildman–Crippen MR) is 79.6 cm³/mol. The van der Waals surface area contributed by atoms with E-state index in [2.05, 4.69) is 51.6 Å². The maximum Gasteiger partial charge on any atom is 0.217 e. The molecule has 0 N–H and O–H groups in total. The van der Waals surface area contributed by atoms with Gasteiger partial charge in [0.1, 0.15) is 17.0 Å². The molecule has 0 aliphatic carbocycles. The van der Waals surface area contributed by atoms with Crippen LogP contribution in [0, 0.1) is 0 Å². The first-order valence-corrected chi connectivity index (χ1v) is 7.65. The van der Waals surface area contributed by atoms with Gasteiger partial charge in [0.2, 0.25) is 5.88 Å².